The molecule has 1 aliphatic rings. The predicted octanol–water partition coefficient (Wildman–Crippen LogP) is 4.96. The highest BCUT2D eigenvalue weighted by Gasteiger charge is 2.32. The van der Waals surface area contributed by atoms with Crippen LogP contribution >= 0.6 is 11.6 Å². The number of nitrogens with one attached hydrogen (secondary N) is 1. The Morgan fingerprint density at radius 3 is 2.76 bits per heavy atom. The summed E-state index contributed by atoms with van der Waals surface area (Å²) >= 11 is 5.95. The molecule has 0 bridgehead atoms. The molecule has 2 N–H and O–H groups in total. The van der Waals surface area contributed by atoms with Crippen molar-refractivity contribution in [1.82, 2.24) is 4.98 Å². The van der Waals surface area contributed by atoms with Crippen molar-refractivity contribution >= 4 is 17.4 Å². The largest absolute Gasteiger partial charge is 0.490 e. The van der Waals surface area contributed by atoms with Crippen LogP contribution in [0.25, 0.3) is 0 Å². The Morgan fingerprint density at radius 2 is 1.97 bits per heavy atom. The highest BCUT2D eigenvalue weighted by molar-refractivity contribution is 6.30. The molecule has 2 atom stereocenters. The third-order valence-corrected chi connectivity index (χ3v) is 5.29. The fraction of sp³-hybridized carbons (Fsp3) is 0.261. The van der Waals surface area contributed by atoms with Crippen molar-refractivity contribution in [3.8, 4) is 11.5 Å². The lowest BCUT2D eigenvalue weighted by Gasteiger charge is -2.23. The quantitative estimate of drug-likeness (QED) is 0.576. The van der Waals surface area contributed by atoms with Gasteiger partial charge in [-0.05, 0) is 36.8 Å². The number of halogens is 1. The van der Waals surface area contributed by atoms with Crippen LogP contribution < -0.4 is 14.8 Å². The molecule has 0 saturated heterocycles. The molecule has 0 spiro atoms. The number of fused-ring (bicyclic) bond motifs is 1. The molecule has 0 saturated carbocycles. The van der Waals surface area contributed by atoms with Gasteiger partial charge in [-0.25, -0.2) is 4.98 Å². The summed E-state index contributed by atoms with van der Waals surface area (Å²) in [7, 11) is 0. The Morgan fingerprint density at radius 1 is 1.14 bits per heavy atom. The molecule has 2 heterocycles. The van der Waals surface area contributed by atoms with E-state index in [1.807, 2.05) is 61.5 Å². The number of hydrogen-bond donors (Lipinski definition) is 2. The normalized spacial score (nSPS) is 16.0. The molecule has 0 fully saturated rings. The van der Waals surface area contributed by atoms with Gasteiger partial charge in [0.15, 0.2) is 11.5 Å². The first kappa shape index (κ1) is 19.6. The zero-order valence-electron chi connectivity index (χ0n) is 16.1. The summed E-state index contributed by atoms with van der Waals surface area (Å²) in [6.45, 7) is 3.40. The summed E-state index contributed by atoms with van der Waals surface area (Å²) in [5.74, 6) is 1.90. The second-order valence-electron chi connectivity index (χ2n) is 6.90. The van der Waals surface area contributed by atoms with E-state index in [0.717, 1.165) is 16.9 Å². The van der Waals surface area contributed by atoms with Gasteiger partial charge in [0.05, 0.1) is 12.7 Å². The smallest absolute Gasteiger partial charge is 0.166 e. The van der Waals surface area contributed by atoms with E-state index in [1.54, 1.807) is 6.20 Å². The lowest BCUT2D eigenvalue weighted by Crippen LogP contribution is -2.15. The van der Waals surface area contributed by atoms with Gasteiger partial charge in [-0.2, -0.15) is 0 Å². The molecule has 2 aromatic carbocycles. The Kier molecular flexibility index (Phi) is 5.88. The van der Waals surface area contributed by atoms with Crippen LogP contribution in [0, 0.1) is 0 Å². The SMILES string of the molecule is CCOc1c(OCc2ccc(Cl)cc2)cccc1C(O)C1CNc2ncccc21. The Hall–Kier alpha value is -2.76. The average molecular weight is 411 g/mol. The van der Waals surface area contributed by atoms with Gasteiger partial charge in [-0.1, -0.05) is 41.9 Å². The molecular weight excluding hydrogens is 388 g/mol. The Balaban J connectivity index is 1.60. The summed E-state index contributed by atoms with van der Waals surface area (Å²) in [5, 5.41) is 15.1. The van der Waals surface area contributed by atoms with Gasteiger partial charge in [0, 0.05) is 34.8 Å². The van der Waals surface area contributed by atoms with E-state index < -0.39 is 6.10 Å². The van der Waals surface area contributed by atoms with Crippen molar-refractivity contribution in [3.05, 3.63) is 82.5 Å². The first-order valence-corrected chi connectivity index (χ1v) is 10.0. The van der Waals surface area contributed by atoms with E-state index in [0.29, 0.717) is 41.8 Å². The first-order chi connectivity index (χ1) is 14.2. The molecule has 1 aliphatic heterocycles. The number of aliphatic hydroxyl groups excluding tert-OH is 1. The van der Waals surface area contributed by atoms with Crippen molar-refractivity contribution in [1.29, 1.82) is 0 Å². The van der Waals surface area contributed by atoms with Crippen LogP contribution in [-0.2, 0) is 6.61 Å². The molecule has 2 unspecified atom stereocenters. The van der Waals surface area contributed by atoms with Gasteiger partial charge >= 0.3 is 0 Å². The predicted molar refractivity (Wildman–Crippen MR) is 114 cm³/mol. The summed E-state index contributed by atoms with van der Waals surface area (Å²) in [5.41, 5.74) is 2.72. The number of rotatable bonds is 7. The molecule has 6 heteroatoms. The number of aliphatic hydroxyl groups is 1. The fourth-order valence-corrected chi connectivity index (χ4v) is 3.73. The minimum absolute atomic E-state index is 0.107. The number of benzene rings is 2. The molecule has 29 heavy (non-hydrogen) atoms. The molecule has 1 aromatic heterocycles. The van der Waals surface area contributed by atoms with E-state index in [4.69, 9.17) is 21.1 Å². The number of ether oxygens (including phenoxy) is 2. The summed E-state index contributed by atoms with van der Waals surface area (Å²) < 4.78 is 11.9. The average Bonchev–Trinajstić information content (AvgIpc) is 3.18. The fourth-order valence-electron chi connectivity index (χ4n) is 3.60. The van der Waals surface area contributed by atoms with Gasteiger partial charge in [0.2, 0.25) is 0 Å². The molecular formula is C23H23ClN2O3. The summed E-state index contributed by atoms with van der Waals surface area (Å²) in [6.07, 6.45) is 1.01. The maximum Gasteiger partial charge on any atom is 0.166 e. The third kappa shape index (κ3) is 4.16. The van der Waals surface area contributed by atoms with Crippen LogP contribution in [0.4, 0.5) is 5.82 Å². The van der Waals surface area contributed by atoms with Crippen LogP contribution in [0.5, 0.6) is 11.5 Å². The minimum Gasteiger partial charge on any atom is -0.490 e. The standard InChI is InChI=1S/C23H23ClN2O3/c1-2-28-22-18(21(27)19-13-26-23-17(19)6-4-12-25-23)5-3-7-20(22)29-14-15-8-10-16(24)11-9-15/h3-12,19,21,27H,2,13-14H2,1H3,(H,25,26). The second-order valence-corrected chi connectivity index (χ2v) is 7.33. The summed E-state index contributed by atoms with van der Waals surface area (Å²) in [4.78, 5) is 4.34. The van der Waals surface area contributed by atoms with Crippen LogP contribution in [-0.4, -0.2) is 23.2 Å². The van der Waals surface area contributed by atoms with E-state index in [2.05, 4.69) is 10.3 Å². The third-order valence-electron chi connectivity index (χ3n) is 5.03. The monoisotopic (exact) mass is 410 g/mol. The Labute approximate surface area is 175 Å². The number of hydrogen-bond acceptors (Lipinski definition) is 5. The molecule has 5 nitrogen and oxygen atoms in total. The van der Waals surface area contributed by atoms with E-state index in [-0.39, 0.29) is 5.92 Å². The van der Waals surface area contributed by atoms with Crippen molar-refractivity contribution in [2.24, 2.45) is 0 Å². The van der Waals surface area contributed by atoms with Crippen molar-refractivity contribution in [2.75, 3.05) is 18.5 Å². The van der Waals surface area contributed by atoms with Gasteiger partial charge < -0.3 is 19.9 Å². The van der Waals surface area contributed by atoms with E-state index >= 15 is 0 Å². The van der Waals surface area contributed by atoms with Crippen LogP contribution in [0.2, 0.25) is 5.02 Å². The zero-order valence-corrected chi connectivity index (χ0v) is 16.9. The lowest BCUT2D eigenvalue weighted by molar-refractivity contribution is 0.145. The van der Waals surface area contributed by atoms with Gasteiger partial charge in [-0.3, -0.25) is 0 Å². The molecule has 0 amide bonds. The topological polar surface area (TPSA) is 63.6 Å². The molecule has 3 aromatic rings. The van der Waals surface area contributed by atoms with Crippen LogP contribution in [0.15, 0.2) is 60.8 Å². The molecule has 0 aliphatic carbocycles. The first-order valence-electron chi connectivity index (χ1n) is 9.67. The number of para-hydroxylation sites is 1. The molecule has 0 radical (unpaired) electrons. The zero-order chi connectivity index (χ0) is 20.2. The maximum atomic E-state index is 11.2. The number of nitrogens with zero attached hydrogens (tertiary/aromatic N) is 1. The van der Waals surface area contributed by atoms with Crippen LogP contribution in [0.1, 0.15) is 35.6 Å². The number of pyridine rings is 1. The van der Waals surface area contributed by atoms with Gasteiger partial charge in [-0.15, -0.1) is 0 Å². The molecule has 150 valence electrons. The molecule has 4 rings (SSSR count). The van der Waals surface area contributed by atoms with E-state index in [9.17, 15) is 5.11 Å². The van der Waals surface area contributed by atoms with Crippen molar-refractivity contribution in [3.63, 3.8) is 0 Å². The van der Waals surface area contributed by atoms with Gasteiger partial charge in [0.1, 0.15) is 12.4 Å². The second kappa shape index (κ2) is 8.72. The lowest BCUT2D eigenvalue weighted by atomic mass is 9.91. The van der Waals surface area contributed by atoms with E-state index in [1.165, 1.54) is 0 Å². The highest BCUT2D eigenvalue weighted by atomic mass is 35.5. The van der Waals surface area contributed by atoms with Gasteiger partial charge in [0.25, 0.3) is 0 Å². The Bertz CT molecular complexity index is 978. The minimum atomic E-state index is -0.742. The number of aromatic nitrogens is 1. The van der Waals surface area contributed by atoms with Crippen molar-refractivity contribution in [2.45, 2.75) is 25.6 Å². The maximum absolute atomic E-state index is 11.2. The summed E-state index contributed by atoms with van der Waals surface area (Å²) in [6, 6.07) is 17.0. The van der Waals surface area contributed by atoms with Crippen molar-refractivity contribution < 1.29 is 14.6 Å². The van der Waals surface area contributed by atoms with Crippen LogP contribution in [0.3, 0.4) is 0 Å². The highest BCUT2D eigenvalue weighted by Crippen LogP contribution is 2.44. The number of anilines is 1.